The molecule has 3 aromatic rings. The highest BCUT2D eigenvalue weighted by molar-refractivity contribution is 7.92. The minimum Gasteiger partial charge on any atom is -0.467 e. The maximum Gasteiger partial charge on any atom is 0.437 e. The molecule has 0 aliphatic heterocycles. The molecule has 0 aromatic carbocycles. The molecule has 3 aromatic heterocycles. The standard InChI is InChI=1S/C14H16F3N7O3S/c1-5-23-8(3)10(11(20-23)14(15,16)17)22-28(25,26)12-19-9-6-7(2)18-13(27-4)24(9)21-12/h6,22H,5H2,1-4H3. The molecule has 14 heteroatoms. The zero-order valence-electron chi connectivity index (χ0n) is 15.2. The number of anilines is 1. The number of nitrogens with one attached hydrogen (secondary N) is 1. The molecule has 10 nitrogen and oxygen atoms in total. The minimum atomic E-state index is -4.85. The molecule has 0 radical (unpaired) electrons. The third kappa shape index (κ3) is 3.34. The number of aryl methyl sites for hydroxylation is 2. The Kier molecular flexibility index (Phi) is 4.69. The van der Waals surface area contributed by atoms with Gasteiger partial charge in [0.1, 0.15) is 5.69 Å². The van der Waals surface area contributed by atoms with E-state index in [4.69, 9.17) is 4.74 Å². The number of hydrogen-bond donors (Lipinski definition) is 1. The van der Waals surface area contributed by atoms with Crippen molar-refractivity contribution in [3.8, 4) is 6.01 Å². The van der Waals surface area contributed by atoms with Crippen molar-refractivity contribution in [3.05, 3.63) is 23.1 Å². The highest BCUT2D eigenvalue weighted by Crippen LogP contribution is 2.36. The summed E-state index contributed by atoms with van der Waals surface area (Å²) in [6.45, 7) is 4.69. The van der Waals surface area contributed by atoms with Crippen LogP contribution in [0.25, 0.3) is 5.65 Å². The smallest absolute Gasteiger partial charge is 0.437 e. The number of hydrogen-bond acceptors (Lipinski definition) is 7. The number of sulfonamides is 1. The highest BCUT2D eigenvalue weighted by Gasteiger charge is 2.40. The molecule has 0 atom stereocenters. The van der Waals surface area contributed by atoms with Crippen LogP contribution < -0.4 is 9.46 Å². The van der Waals surface area contributed by atoms with Crippen LogP contribution in [0.15, 0.2) is 11.2 Å². The summed E-state index contributed by atoms with van der Waals surface area (Å²) < 4.78 is 74.3. The number of alkyl halides is 3. The second kappa shape index (κ2) is 6.61. The first kappa shape index (κ1) is 19.9. The Morgan fingerprint density at radius 1 is 1.21 bits per heavy atom. The zero-order chi connectivity index (χ0) is 20.9. The number of halogens is 3. The molecule has 152 valence electrons. The van der Waals surface area contributed by atoms with E-state index in [2.05, 4.69) is 20.2 Å². The SMILES string of the molecule is CCn1nc(C(F)(F)F)c(NS(=O)(=O)c2nc3cc(C)nc(OC)n3n2)c1C. The van der Waals surface area contributed by atoms with Gasteiger partial charge in [0.05, 0.1) is 12.8 Å². The molecular weight excluding hydrogens is 403 g/mol. The number of ether oxygens (including phenoxy) is 1. The van der Waals surface area contributed by atoms with Crippen LogP contribution in [0.4, 0.5) is 18.9 Å². The lowest BCUT2D eigenvalue weighted by Crippen LogP contribution is -2.18. The average Bonchev–Trinajstić information content (AvgIpc) is 3.16. The van der Waals surface area contributed by atoms with Crippen LogP contribution in [0.5, 0.6) is 6.01 Å². The Balaban J connectivity index is 2.11. The van der Waals surface area contributed by atoms with E-state index < -0.39 is 32.7 Å². The first-order valence-corrected chi connectivity index (χ1v) is 9.42. The Bertz CT molecular complexity index is 1150. The molecule has 0 amide bonds. The van der Waals surface area contributed by atoms with E-state index in [0.717, 1.165) is 9.20 Å². The lowest BCUT2D eigenvalue weighted by molar-refractivity contribution is -0.140. The van der Waals surface area contributed by atoms with Crippen LogP contribution in [-0.4, -0.2) is 44.9 Å². The number of aromatic nitrogens is 6. The van der Waals surface area contributed by atoms with Crippen molar-refractivity contribution in [2.24, 2.45) is 0 Å². The molecule has 3 heterocycles. The lowest BCUT2D eigenvalue weighted by atomic mass is 10.3. The number of fused-ring (bicyclic) bond motifs is 1. The first-order valence-electron chi connectivity index (χ1n) is 7.93. The molecule has 3 rings (SSSR count). The van der Waals surface area contributed by atoms with Crippen LogP contribution in [0.2, 0.25) is 0 Å². The van der Waals surface area contributed by atoms with Crippen molar-refractivity contribution in [3.63, 3.8) is 0 Å². The van der Waals surface area contributed by atoms with Gasteiger partial charge < -0.3 is 4.74 Å². The van der Waals surface area contributed by atoms with E-state index >= 15 is 0 Å². The van der Waals surface area contributed by atoms with E-state index in [1.807, 2.05) is 4.72 Å². The highest BCUT2D eigenvalue weighted by atomic mass is 32.2. The quantitative estimate of drug-likeness (QED) is 0.670. The van der Waals surface area contributed by atoms with Crippen LogP contribution >= 0.6 is 0 Å². The monoisotopic (exact) mass is 419 g/mol. The second-order valence-electron chi connectivity index (χ2n) is 5.78. The van der Waals surface area contributed by atoms with Crippen molar-refractivity contribution in [2.45, 2.75) is 38.6 Å². The van der Waals surface area contributed by atoms with Gasteiger partial charge in [0.15, 0.2) is 11.3 Å². The molecule has 1 N–H and O–H groups in total. The summed E-state index contributed by atoms with van der Waals surface area (Å²) in [6, 6.07) is 1.44. The lowest BCUT2D eigenvalue weighted by Gasteiger charge is -2.08. The predicted octanol–water partition coefficient (Wildman–Crippen LogP) is 1.79. The van der Waals surface area contributed by atoms with Gasteiger partial charge in [0.2, 0.25) is 0 Å². The van der Waals surface area contributed by atoms with Gasteiger partial charge in [0.25, 0.3) is 15.2 Å². The van der Waals surface area contributed by atoms with E-state index in [9.17, 15) is 21.6 Å². The summed E-state index contributed by atoms with van der Waals surface area (Å²) >= 11 is 0. The fraction of sp³-hybridized carbons (Fsp3) is 0.429. The summed E-state index contributed by atoms with van der Waals surface area (Å²) in [5, 5.41) is 6.52. The third-order valence-corrected chi connectivity index (χ3v) is 4.96. The maximum atomic E-state index is 13.3. The Labute approximate surface area is 157 Å². The molecule has 0 saturated heterocycles. The van der Waals surface area contributed by atoms with Crippen molar-refractivity contribution in [2.75, 3.05) is 11.8 Å². The summed E-state index contributed by atoms with van der Waals surface area (Å²) in [7, 11) is -3.23. The van der Waals surface area contributed by atoms with Crippen LogP contribution in [0.3, 0.4) is 0 Å². The van der Waals surface area contributed by atoms with Gasteiger partial charge in [0, 0.05) is 18.3 Å². The molecule has 0 fully saturated rings. The van der Waals surface area contributed by atoms with E-state index in [-0.39, 0.29) is 23.9 Å². The Morgan fingerprint density at radius 3 is 2.46 bits per heavy atom. The van der Waals surface area contributed by atoms with Crippen molar-refractivity contribution < 1.29 is 26.3 Å². The van der Waals surface area contributed by atoms with E-state index in [1.54, 1.807) is 13.8 Å². The molecule has 0 unspecified atom stereocenters. The molecule has 0 saturated carbocycles. The first-order chi connectivity index (χ1) is 13.0. The predicted molar refractivity (Wildman–Crippen MR) is 90.5 cm³/mol. The Hall–Kier alpha value is -2.90. The largest absolute Gasteiger partial charge is 0.467 e. The molecular formula is C14H16F3N7O3S. The molecule has 0 bridgehead atoms. The fourth-order valence-electron chi connectivity index (χ4n) is 2.56. The average molecular weight is 419 g/mol. The topological polar surface area (TPSA) is 116 Å². The van der Waals surface area contributed by atoms with Crippen molar-refractivity contribution >= 4 is 21.4 Å². The van der Waals surface area contributed by atoms with E-state index in [0.29, 0.717) is 5.69 Å². The van der Waals surface area contributed by atoms with Gasteiger partial charge in [-0.1, -0.05) is 0 Å². The molecule has 28 heavy (non-hydrogen) atoms. The van der Waals surface area contributed by atoms with Gasteiger partial charge in [-0.2, -0.15) is 36.2 Å². The van der Waals surface area contributed by atoms with Gasteiger partial charge in [-0.05, 0) is 20.8 Å². The third-order valence-electron chi connectivity index (χ3n) is 3.84. The molecule has 0 aliphatic rings. The summed E-state index contributed by atoms with van der Waals surface area (Å²) in [6.07, 6.45) is -4.85. The second-order valence-corrected chi connectivity index (χ2v) is 7.35. The van der Waals surface area contributed by atoms with Gasteiger partial charge in [-0.25, -0.2) is 4.98 Å². The van der Waals surface area contributed by atoms with Gasteiger partial charge in [-0.15, -0.1) is 5.10 Å². The van der Waals surface area contributed by atoms with E-state index in [1.165, 1.54) is 20.1 Å². The van der Waals surface area contributed by atoms with Crippen molar-refractivity contribution in [1.82, 2.24) is 29.4 Å². The number of methoxy groups -OCH3 is 1. The summed E-state index contributed by atoms with van der Waals surface area (Å²) in [5.41, 5.74) is -1.39. The van der Waals surface area contributed by atoms with Crippen LogP contribution in [0.1, 0.15) is 24.0 Å². The maximum absolute atomic E-state index is 13.3. The van der Waals surface area contributed by atoms with Gasteiger partial charge >= 0.3 is 12.2 Å². The normalized spacial score (nSPS) is 12.5. The summed E-state index contributed by atoms with van der Waals surface area (Å²) in [5.74, 6) is 0. The van der Waals surface area contributed by atoms with Crippen molar-refractivity contribution in [1.29, 1.82) is 0 Å². The molecule has 0 aliphatic carbocycles. The Morgan fingerprint density at radius 2 is 1.89 bits per heavy atom. The summed E-state index contributed by atoms with van der Waals surface area (Å²) in [4.78, 5) is 7.91. The van der Waals surface area contributed by atoms with Crippen LogP contribution in [0, 0.1) is 13.8 Å². The van der Waals surface area contributed by atoms with Crippen LogP contribution in [-0.2, 0) is 22.7 Å². The molecule has 0 spiro atoms. The fourth-order valence-corrected chi connectivity index (χ4v) is 3.56. The number of nitrogens with zero attached hydrogens (tertiary/aromatic N) is 6. The zero-order valence-corrected chi connectivity index (χ0v) is 16.1. The van der Waals surface area contributed by atoms with Gasteiger partial charge in [-0.3, -0.25) is 9.40 Å². The minimum absolute atomic E-state index is 0.0113. The number of rotatable bonds is 5.